The number of rotatable bonds is 1. The Morgan fingerprint density at radius 2 is 2.43 bits per heavy atom. The van der Waals surface area contributed by atoms with Crippen molar-refractivity contribution in [1.82, 2.24) is 0 Å². The van der Waals surface area contributed by atoms with Gasteiger partial charge < -0.3 is 0 Å². The molecule has 2 heteroatoms. The third-order valence-electron chi connectivity index (χ3n) is 0.353. The van der Waals surface area contributed by atoms with E-state index in [0.29, 0.717) is 0 Å². The van der Waals surface area contributed by atoms with Gasteiger partial charge in [-0.3, -0.25) is 0 Å². The molecule has 0 aliphatic carbocycles. The molecule has 0 saturated heterocycles. The molecule has 0 bridgehead atoms. The van der Waals surface area contributed by atoms with Gasteiger partial charge in [-0.2, -0.15) is 10.2 Å². The Morgan fingerprint density at radius 3 is 2.86 bits per heavy atom. The molecule has 0 aliphatic heterocycles. The van der Waals surface area contributed by atoms with Crippen molar-refractivity contribution in [2.75, 3.05) is 7.05 Å². The summed E-state index contributed by atoms with van der Waals surface area (Å²) in [6, 6.07) is 0. The topological polar surface area (TPSA) is 24.7 Å². The predicted octanol–water partition coefficient (Wildman–Crippen LogP) is 1.22. The third kappa shape index (κ3) is 4.90. The van der Waals surface area contributed by atoms with Gasteiger partial charge in [-0.05, 0) is 0 Å². The summed E-state index contributed by atoms with van der Waals surface area (Å²) >= 11 is 0. The van der Waals surface area contributed by atoms with Crippen LogP contribution in [0.2, 0.25) is 0 Å². The second kappa shape index (κ2) is 4.90. The summed E-state index contributed by atoms with van der Waals surface area (Å²) < 4.78 is 0. The highest BCUT2D eigenvalue weighted by Crippen LogP contribution is 1.71. The first-order valence-electron chi connectivity index (χ1n) is 1.82. The number of terminal acetylenes is 1. The van der Waals surface area contributed by atoms with Crippen molar-refractivity contribution >= 4 is 0 Å². The van der Waals surface area contributed by atoms with E-state index >= 15 is 0 Å². The average molecular weight is 94.1 g/mol. The Morgan fingerprint density at radius 1 is 1.71 bits per heavy atom. The van der Waals surface area contributed by atoms with Crippen LogP contribution in [-0.4, -0.2) is 7.05 Å². The highest BCUT2D eigenvalue weighted by molar-refractivity contribution is 5.07. The van der Waals surface area contributed by atoms with Crippen molar-refractivity contribution in [3.05, 3.63) is 12.3 Å². The number of allylic oxidation sites excluding steroid dienone is 1. The van der Waals surface area contributed by atoms with Crippen LogP contribution in [0.3, 0.4) is 0 Å². The van der Waals surface area contributed by atoms with Crippen LogP contribution in [0.15, 0.2) is 22.5 Å². The second-order valence-corrected chi connectivity index (χ2v) is 0.798. The van der Waals surface area contributed by atoms with Gasteiger partial charge in [-0.15, -0.1) is 6.42 Å². The fraction of sp³-hybridized carbons (Fsp3) is 0.200. The highest BCUT2D eigenvalue weighted by Gasteiger charge is 1.52. The van der Waals surface area contributed by atoms with E-state index in [1.165, 1.54) is 12.3 Å². The largest absolute Gasteiger partial charge is 0.193 e. The van der Waals surface area contributed by atoms with Crippen LogP contribution >= 0.6 is 0 Å². The van der Waals surface area contributed by atoms with Gasteiger partial charge in [-0.25, -0.2) is 0 Å². The summed E-state index contributed by atoms with van der Waals surface area (Å²) in [7, 11) is 1.58. The highest BCUT2D eigenvalue weighted by atomic mass is 15.1. The molecule has 0 aromatic heterocycles. The molecule has 0 spiro atoms. The zero-order valence-corrected chi connectivity index (χ0v) is 4.13. The van der Waals surface area contributed by atoms with Gasteiger partial charge in [0.25, 0.3) is 0 Å². The van der Waals surface area contributed by atoms with E-state index in [2.05, 4.69) is 16.1 Å². The zero-order chi connectivity index (χ0) is 5.54. The monoisotopic (exact) mass is 94.1 g/mol. The van der Waals surface area contributed by atoms with Crippen LogP contribution in [0, 0.1) is 12.3 Å². The van der Waals surface area contributed by atoms with Crippen molar-refractivity contribution in [1.29, 1.82) is 0 Å². The van der Waals surface area contributed by atoms with Crippen molar-refractivity contribution in [2.24, 2.45) is 10.2 Å². The lowest BCUT2D eigenvalue weighted by atomic mass is 10.6. The van der Waals surface area contributed by atoms with E-state index in [-0.39, 0.29) is 0 Å². The minimum atomic E-state index is 1.46. The van der Waals surface area contributed by atoms with Gasteiger partial charge in [-0.1, -0.05) is 5.92 Å². The summed E-state index contributed by atoms with van der Waals surface area (Å²) in [5.41, 5.74) is 0. The standard InChI is InChI=1S/C5H6N2/c1-3-4-5-7-6-2/h1,4-5H,2H3/b5-4-,7-6-. The Hall–Kier alpha value is -1.10. The summed E-state index contributed by atoms with van der Waals surface area (Å²) in [6.45, 7) is 0. The quantitative estimate of drug-likeness (QED) is 0.344. The number of hydrogen-bond donors (Lipinski definition) is 0. The average Bonchev–Trinajstić information content (AvgIpc) is 1.69. The fourth-order valence-electron chi connectivity index (χ4n) is 0.143. The van der Waals surface area contributed by atoms with Gasteiger partial charge in [0.05, 0.1) is 6.20 Å². The molecule has 0 saturated carbocycles. The Kier molecular flexibility index (Phi) is 4.13. The molecule has 0 heterocycles. The van der Waals surface area contributed by atoms with Crippen LogP contribution in [0.4, 0.5) is 0 Å². The Balaban J connectivity index is 3.33. The Bertz CT molecular complexity index is 117. The smallest absolute Gasteiger partial charge is 0.0574 e. The molecule has 0 aromatic rings. The molecule has 0 amide bonds. The van der Waals surface area contributed by atoms with Gasteiger partial charge in [0.15, 0.2) is 0 Å². The molecule has 7 heavy (non-hydrogen) atoms. The molecule has 0 atom stereocenters. The lowest BCUT2D eigenvalue weighted by molar-refractivity contribution is 1.16. The van der Waals surface area contributed by atoms with Gasteiger partial charge >= 0.3 is 0 Å². The van der Waals surface area contributed by atoms with Crippen molar-refractivity contribution < 1.29 is 0 Å². The molecule has 0 aromatic carbocycles. The van der Waals surface area contributed by atoms with Gasteiger partial charge in [0.2, 0.25) is 0 Å². The number of nitrogens with zero attached hydrogens (tertiary/aromatic N) is 2. The summed E-state index contributed by atoms with van der Waals surface area (Å²) in [4.78, 5) is 0. The van der Waals surface area contributed by atoms with Crippen LogP contribution in [0.1, 0.15) is 0 Å². The molecule has 0 rings (SSSR count). The molecule has 0 radical (unpaired) electrons. The van der Waals surface area contributed by atoms with Crippen molar-refractivity contribution in [3.63, 3.8) is 0 Å². The summed E-state index contributed by atoms with van der Waals surface area (Å²) in [6.07, 6.45) is 7.77. The van der Waals surface area contributed by atoms with E-state index in [1.54, 1.807) is 7.05 Å². The fourth-order valence-corrected chi connectivity index (χ4v) is 0.143. The van der Waals surface area contributed by atoms with E-state index in [4.69, 9.17) is 6.42 Å². The lowest BCUT2D eigenvalue weighted by Gasteiger charge is -1.63. The first kappa shape index (κ1) is 5.90. The van der Waals surface area contributed by atoms with Crippen LogP contribution in [-0.2, 0) is 0 Å². The van der Waals surface area contributed by atoms with Crippen molar-refractivity contribution in [3.8, 4) is 12.3 Å². The number of hydrogen-bond acceptors (Lipinski definition) is 2. The zero-order valence-electron chi connectivity index (χ0n) is 4.13. The minimum absolute atomic E-state index is 1.46. The Labute approximate surface area is 43.0 Å². The molecule has 0 fully saturated rings. The maximum Gasteiger partial charge on any atom is 0.0574 e. The molecule has 36 valence electrons. The van der Waals surface area contributed by atoms with E-state index in [1.807, 2.05) is 0 Å². The molecule has 0 aliphatic rings. The number of azo groups is 1. The van der Waals surface area contributed by atoms with Crippen LogP contribution in [0.25, 0.3) is 0 Å². The van der Waals surface area contributed by atoms with Crippen LogP contribution in [0.5, 0.6) is 0 Å². The second-order valence-electron chi connectivity index (χ2n) is 0.798. The van der Waals surface area contributed by atoms with E-state index in [9.17, 15) is 0 Å². The van der Waals surface area contributed by atoms with Gasteiger partial charge in [0.1, 0.15) is 0 Å². The maximum atomic E-state index is 4.83. The molecule has 0 N–H and O–H groups in total. The predicted molar refractivity (Wildman–Crippen MR) is 28.8 cm³/mol. The normalized spacial score (nSPS) is 10.3. The maximum absolute atomic E-state index is 4.83. The molecular formula is C5H6N2. The summed E-state index contributed by atoms with van der Waals surface area (Å²) in [5.74, 6) is 2.27. The molecule has 2 nitrogen and oxygen atoms in total. The van der Waals surface area contributed by atoms with E-state index in [0.717, 1.165) is 0 Å². The third-order valence-corrected chi connectivity index (χ3v) is 0.353. The lowest BCUT2D eigenvalue weighted by Crippen LogP contribution is -1.45. The van der Waals surface area contributed by atoms with Crippen LogP contribution < -0.4 is 0 Å². The molecular weight excluding hydrogens is 88.1 g/mol. The van der Waals surface area contributed by atoms with Crippen molar-refractivity contribution in [2.45, 2.75) is 0 Å². The van der Waals surface area contributed by atoms with E-state index < -0.39 is 0 Å². The molecule has 0 unspecified atom stereocenters. The summed E-state index contributed by atoms with van der Waals surface area (Å²) in [5, 5.41) is 6.88. The van der Waals surface area contributed by atoms with Gasteiger partial charge in [0, 0.05) is 13.1 Å². The first-order chi connectivity index (χ1) is 3.41. The first-order valence-corrected chi connectivity index (χ1v) is 1.82. The SMILES string of the molecule is C#C/C=C\N=N/C. The minimum Gasteiger partial charge on any atom is -0.193 e.